The quantitative estimate of drug-likeness (QED) is 0.236. The van der Waals surface area contributed by atoms with E-state index in [1.54, 1.807) is 32.3 Å². The highest BCUT2D eigenvalue weighted by Crippen LogP contribution is 2.51. The summed E-state index contributed by atoms with van der Waals surface area (Å²) in [5.41, 5.74) is 18.2. The first kappa shape index (κ1) is 27.7. The highest BCUT2D eigenvalue weighted by atomic mass is 31.2. The smallest absolute Gasteiger partial charge is 0.356 e. The summed E-state index contributed by atoms with van der Waals surface area (Å²) in [6.45, 7) is 6.61. The molecule has 2 aromatic heterocycles. The number of anilines is 2. The number of nitrogen functional groups attached to an aromatic ring is 2. The molecule has 0 bridgehead atoms. The highest BCUT2D eigenvalue weighted by molar-refractivity contribution is 7.53. The van der Waals surface area contributed by atoms with Crippen LogP contribution in [0.1, 0.15) is 27.7 Å². The molecule has 1 aliphatic rings. The largest absolute Gasteiger partial charge is 0.461 e. The number of carbonyl (C=O) groups excluding carboxylic acids is 2. The topological polar surface area (TPSA) is 222 Å². The first-order chi connectivity index (χ1) is 16.9. The molecule has 1 aliphatic heterocycles. The third-order valence-electron chi connectivity index (χ3n) is 5.25. The molecule has 0 radical (unpaired) electrons. The molecule has 1 fully saturated rings. The van der Waals surface area contributed by atoms with E-state index in [9.17, 15) is 14.2 Å². The predicted octanol–water partition coefficient (Wildman–Crippen LogP) is -0.00700. The Bertz CT molecular complexity index is 1130. The number of aromatic nitrogens is 4. The molecule has 2 aromatic rings. The molecule has 0 unspecified atom stereocenters. The molecule has 15 nitrogen and oxygen atoms in total. The second kappa shape index (κ2) is 11.5. The van der Waals surface area contributed by atoms with E-state index >= 15 is 0 Å². The maximum Gasteiger partial charge on any atom is 0.356 e. The zero-order chi connectivity index (χ0) is 26.6. The number of carbonyl (C=O) groups is 2. The normalized spacial score (nSPS) is 22.0. The van der Waals surface area contributed by atoms with Crippen molar-refractivity contribution in [3.05, 3.63) is 6.33 Å². The number of hydrogen-bond donors (Lipinski definition) is 4. The summed E-state index contributed by atoms with van der Waals surface area (Å²) >= 11 is 0. The second-order valence-corrected chi connectivity index (χ2v) is 11.0. The van der Waals surface area contributed by atoms with Crippen LogP contribution in [0.2, 0.25) is 0 Å². The van der Waals surface area contributed by atoms with E-state index in [1.807, 2.05) is 0 Å². The minimum absolute atomic E-state index is 0.00690. The molecule has 200 valence electrons. The van der Waals surface area contributed by atoms with E-state index in [0.717, 1.165) is 0 Å². The van der Waals surface area contributed by atoms with Crippen molar-refractivity contribution >= 4 is 42.4 Å². The minimum atomic E-state index is -3.72. The van der Waals surface area contributed by atoms with Crippen molar-refractivity contribution in [2.45, 2.75) is 58.5 Å². The lowest BCUT2D eigenvalue weighted by Crippen LogP contribution is -2.52. The van der Waals surface area contributed by atoms with Crippen molar-refractivity contribution in [1.29, 1.82) is 0 Å². The average Bonchev–Trinajstić information content (AvgIpc) is 3.19. The van der Waals surface area contributed by atoms with Crippen LogP contribution in [0.5, 0.6) is 0 Å². The molecule has 0 spiro atoms. The van der Waals surface area contributed by atoms with Crippen LogP contribution in [0.4, 0.5) is 11.8 Å². The lowest BCUT2D eigenvalue weighted by Gasteiger charge is -2.30. The molecule has 3 heterocycles. The summed E-state index contributed by atoms with van der Waals surface area (Å²) in [6.07, 6.45) is 0.209. The summed E-state index contributed by atoms with van der Waals surface area (Å²) < 4.78 is 36.5. The minimum Gasteiger partial charge on any atom is -0.461 e. The zero-order valence-electron chi connectivity index (χ0n) is 20.6. The average molecular weight is 529 g/mol. The monoisotopic (exact) mass is 528 g/mol. The number of nitrogens with two attached hydrogens (primary N) is 3. The first-order valence-electron chi connectivity index (χ1n) is 11.4. The second-order valence-electron chi connectivity index (χ2n) is 8.97. The van der Waals surface area contributed by atoms with E-state index in [4.69, 9.17) is 35.7 Å². The molecule has 0 aromatic carbocycles. The fraction of sp³-hybridized carbons (Fsp3) is 0.650. The Kier molecular flexibility index (Phi) is 8.84. The van der Waals surface area contributed by atoms with Gasteiger partial charge in [-0.25, -0.2) is 9.78 Å². The molecular weight excluding hydrogens is 495 g/mol. The number of amides is 1. The van der Waals surface area contributed by atoms with Gasteiger partial charge in [-0.05, 0) is 19.8 Å². The number of ether oxygens (including phenoxy) is 2. The van der Waals surface area contributed by atoms with E-state index in [2.05, 4.69) is 20.3 Å². The van der Waals surface area contributed by atoms with Gasteiger partial charge in [0.1, 0.15) is 18.0 Å². The summed E-state index contributed by atoms with van der Waals surface area (Å²) in [5.74, 6) is -1.31. The van der Waals surface area contributed by atoms with Gasteiger partial charge in [-0.2, -0.15) is 9.97 Å². The molecule has 7 N–H and O–H groups in total. The number of nitrogens with one attached hydrogen (secondary N) is 1. The standard InChI is InChI=1S/C20H33N8O7P/c1-10(2)14(21)18(29)25-13(19(30)35-11(3)4)7-34-36(31)9-32-12(6-33-36)5-28-8-24-15-16(22)26-20(23)27-17(15)28/h8,10-14H,5-7,9,21H2,1-4H3,(H,25,29)(H4,22,23,26,27)/t12-,13-,14-,36-/m0/s1. The number of rotatable bonds is 10. The van der Waals surface area contributed by atoms with Crippen LogP contribution in [0, 0.1) is 5.92 Å². The molecule has 16 heteroatoms. The zero-order valence-corrected chi connectivity index (χ0v) is 21.5. The Balaban J connectivity index is 1.59. The third-order valence-corrected chi connectivity index (χ3v) is 6.80. The van der Waals surface area contributed by atoms with Gasteiger partial charge in [-0.3, -0.25) is 9.36 Å². The lowest BCUT2D eigenvalue weighted by atomic mass is 10.0. The summed E-state index contributed by atoms with van der Waals surface area (Å²) in [5, 5.41) is 2.50. The Morgan fingerprint density at radius 1 is 1.28 bits per heavy atom. The molecule has 3 rings (SSSR count). The number of imidazole rings is 1. The van der Waals surface area contributed by atoms with Gasteiger partial charge >= 0.3 is 13.6 Å². The lowest BCUT2D eigenvalue weighted by molar-refractivity contribution is -0.152. The van der Waals surface area contributed by atoms with Gasteiger partial charge in [-0.15, -0.1) is 0 Å². The van der Waals surface area contributed by atoms with Gasteiger partial charge < -0.3 is 45.6 Å². The van der Waals surface area contributed by atoms with Crippen LogP contribution in [-0.2, 0) is 39.2 Å². The van der Waals surface area contributed by atoms with Crippen LogP contribution in [0.25, 0.3) is 11.2 Å². The Hall–Kier alpha value is -2.84. The fourth-order valence-electron chi connectivity index (χ4n) is 3.24. The maximum atomic E-state index is 13.0. The van der Waals surface area contributed by atoms with Gasteiger partial charge in [0.15, 0.2) is 17.5 Å². The highest BCUT2D eigenvalue weighted by Gasteiger charge is 2.36. The number of hydrogen-bond acceptors (Lipinski definition) is 13. The van der Waals surface area contributed by atoms with Crippen molar-refractivity contribution in [3.8, 4) is 0 Å². The van der Waals surface area contributed by atoms with Crippen LogP contribution >= 0.6 is 7.60 Å². The summed E-state index contributed by atoms with van der Waals surface area (Å²) in [6, 6.07) is -2.08. The van der Waals surface area contributed by atoms with Crippen LogP contribution in [0.15, 0.2) is 6.33 Å². The van der Waals surface area contributed by atoms with E-state index in [-0.39, 0.29) is 37.2 Å². The Labute approximate surface area is 207 Å². The molecule has 0 aliphatic carbocycles. The summed E-state index contributed by atoms with van der Waals surface area (Å²) in [4.78, 5) is 37.1. The molecular formula is C20H33N8O7P. The van der Waals surface area contributed by atoms with Gasteiger partial charge in [0.25, 0.3) is 0 Å². The molecule has 36 heavy (non-hydrogen) atoms. The Morgan fingerprint density at radius 3 is 2.61 bits per heavy atom. The molecule has 1 saturated heterocycles. The molecule has 4 atom stereocenters. The van der Waals surface area contributed by atoms with Crippen LogP contribution in [-0.4, -0.2) is 75.2 Å². The first-order valence-corrected chi connectivity index (χ1v) is 13.1. The molecule has 0 saturated carbocycles. The van der Waals surface area contributed by atoms with E-state index < -0.39 is 50.4 Å². The van der Waals surface area contributed by atoms with Gasteiger partial charge in [0, 0.05) is 0 Å². The van der Waals surface area contributed by atoms with E-state index in [1.165, 1.54) is 6.33 Å². The SMILES string of the molecule is CC(C)OC(=O)[C@H](CO[P@]1(=O)CO[C@@H](Cn2cnc3c(N)nc(N)nc32)CO1)NC(=O)[C@@H](N)C(C)C. The molecule has 1 amide bonds. The van der Waals surface area contributed by atoms with Crippen LogP contribution < -0.4 is 22.5 Å². The van der Waals surface area contributed by atoms with Crippen molar-refractivity contribution in [2.75, 3.05) is 31.0 Å². The van der Waals surface area contributed by atoms with Crippen molar-refractivity contribution in [2.24, 2.45) is 11.7 Å². The Morgan fingerprint density at radius 2 is 2.00 bits per heavy atom. The van der Waals surface area contributed by atoms with Gasteiger partial charge in [0.2, 0.25) is 11.9 Å². The number of fused-ring (bicyclic) bond motifs is 1. The fourth-order valence-corrected chi connectivity index (χ4v) is 4.62. The summed E-state index contributed by atoms with van der Waals surface area (Å²) in [7, 11) is -3.72. The third kappa shape index (κ3) is 6.89. The van der Waals surface area contributed by atoms with Crippen LogP contribution in [0.3, 0.4) is 0 Å². The van der Waals surface area contributed by atoms with E-state index in [0.29, 0.717) is 11.2 Å². The maximum absolute atomic E-state index is 13.0. The van der Waals surface area contributed by atoms with Gasteiger partial charge in [0.05, 0.1) is 38.2 Å². The number of nitrogens with zero attached hydrogens (tertiary/aromatic N) is 4. The predicted molar refractivity (Wildman–Crippen MR) is 129 cm³/mol. The van der Waals surface area contributed by atoms with Gasteiger partial charge in [-0.1, -0.05) is 13.8 Å². The van der Waals surface area contributed by atoms with Crippen molar-refractivity contribution in [3.63, 3.8) is 0 Å². The number of esters is 1. The van der Waals surface area contributed by atoms with Crippen molar-refractivity contribution in [1.82, 2.24) is 24.8 Å². The van der Waals surface area contributed by atoms with Crippen molar-refractivity contribution < 1.29 is 32.7 Å².